The van der Waals surface area contributed by atoms with Gasteiger partial charge in [-0.15, -0.1) is 0 Å². The molecule has 0 N–H and O–H groups in total. The van der Waals surface area contributed by atoms with E-state index in [4.69, 9.17) is 17.7 Å². The Kier molecular flexibility index (Phi) is 13.1. The Bertz CT molecular complexity index is 8210. The van der Waals surface area contributed by atoms with Gasteiger partial charge in [0.15, 0.2) is 0 Å². The highest BCUT2D eigenvalue weighted by atomic mass is 16.3. The molecule has 0 saturated carbocycles. The Labute approximate surface area is 651 Å². The number of fused-ring (bicyclic) bond motifs is 21. The van der Waals surface area contributed by atoms with Gasteiger partial charge in [0, 0.05) is 121 Å². The summed E-state index contributed by atoms with van der Waals surface area (Å²) in [6.07, 6.45) is 12.8. The van der Waals surface area contributed by atoms with Crippen molar-refractivity contribution in [1.82, 2.24) is 22.8 Å². The van der Waals surface area contributed by atoms with Gasteiger partial charge in [-0.2, -0.15) is 0 Å². The summed E-state index contributed by atoms with van der Waals surface area (Å²) in [5, 5.41) is 15.1. The SMILES string of the molecule is CC1(c2ccc3c(c2)c2ccccc2n3-c2ccccc2)C=Cc2c(c3cc(-c4ccc5c(c4)c4ccccc4n5-c4ccccc4)ccc3n2-c2ccc3oc4cc(-c5ccc6c(c5)c5cc(-c7ccoc7)ccc5n6-c5ccc6oc7ccc(-n8c9ccccc9c9cc(-c%10ccoc%10)ccc98)cc7c6c5)ccc4c3c2)C1. The monoisotopic (exact) mass is 1460 g/mol. The molecular weight excluding hydrogens is 1400 g/mol. The maximum atomic E-state index is 6.96. The summed E-state index contributed by atoms with van der Waals surface area (Å²) in [4.78, 5) is 0. The van der Waals surface area contributed by atoms with Crippen LogP contribution in [-0.4, -0.2) is 22.8 Å². The highest BCUT2D eigenvalue weighted by molar-refractivity contribution is 6.17. The molecule has 114 heavy (non-hydrogen) atoms. The summed E-state index contributed by atoms with van der Waals surface area (Å²) >= 11 is 0. The van der Waals surface area contributed by atoms with E-state index in [0.717, 1.165) is 150 Å². The molecule has 1 aliphatic carbocycles. The summed E-state index contributed by atoms with van der Waals surface area (Å²) in [6.45, 7) is 2.42. The molecule has 0 amide bonds. The molecule has 9 heteroatoms. The van der Waals surface area contributed by atoms with Gasteiger partial charge in [0.05, 0.1) is 74.7 Å². The number of aromatic nitrogens is 5. The average Bonchev–Trinajstić information content (AvgIpc) is 1.57. The van der Waals surface area contributed by atoms with Gasteiger partial charge in [0.1, 0.15) is 22.3 Å². The molecule has 0 spiro atoms. The van der Waals surface area contributed by atoms with Gasteiger partial charge < -0.3 is 40.5 Å². The van der Waals surface area contributed by atoms with Crippen LogP contribution in [0, 0.1) is 0 Å². The smallest absolute Gasteiger partial charge is 0.136 e. The Morgan fingerprint density at radius 3 is 1.08 bits per heavy atom. The fourth-order valence-corrected chi connectivity index (χ4v) is 19.3. The van der Waals surface area contributed by atoms with Crippen molar-refractivity contribution in [2.24, 2.45) is 0 Å². The fraction of sp³-hybridized carbons (Fsp3) is 0.0286. The first-order chi connectivity index (χ1) is 56.3. The summed E-state index contributed by atoms with van der Waals surface area (Å²) < 4.78 is 36.9. The van der Waals surface area contributed by atoms with Crippen LogP contribution in [0.15, 0.2) is 376 Å². The van der Waals surface area contributed by atoms with Crippen molar-refractivity contribution in [2.75, 3.05) is 0 Å². The van der Waals surface area contributed by atoms with Crippen LogP contribution in [-0.2, 0) is 11.8 Å². The highest BCUT2D eigenvalue weighted by Crippen LogP contribution is 2.48. The quantitative estimate of drug-likeness (QED) is 0.137. The van der Waals surface area contributed by atoms with Crippen molar-refractivity contribution in [3.63, 3.8) is 0 Å². The summed E-state index contributed by atoms with van der Waals surface area (Å²) in [5.41, 5.74) is 31.5. The Morgan fingerprint density at radius 2 is 0.605 bits per heavy atom. The second kappa shape index (κ2) is 23.7. The second-order valence-corrected chi connectivity index (χ2v) is 31.1. The third kappa shape index (κ3) is 9.23. The minimum Gasteiger partial charge on any atom is -0.472 e. The molecule has 24 aromatic rings. The molecule has 0 saturated heterocycles. The van der Waals surface area contributed by atoms with Gasteiger partial charge in [-0.25, -0.2) is 0 Å². The standard InChI is InChI=1S/C105H65N5O4/c1-105(71-30-40-99-86(56-71)79-20-10-12-22-92(79)107(99)73-16-6-3-7-17-73)47-44-100-90(60-105)85-52-64(63-25-35-94-81(50-63)77-18-8-11-21-91(77)106(94)72-14-4-2-5-15-72)26-37-98(85)110(100)74-31-41-101-87(57-74)80-34-24-68(55-104(80)114-101)65-27-36-96-83(51-65)84-54-67(70-46-49-112-62-70)29-39-97(84)109(96)76-33-43-103-89(59-76)88-58-75(32-42-102(88)113-103)108-93-23-13-9-19-78(93)82-53-66(28-38-95(82)108)69-45-48-111-61-69/h2-59,61-62H,60H2,1H3. The van der Waals surface area contributed by atoms with Crippen LogP contribution in [0.1, 0.15) is 23.7 Å². The predicted molar refractivity (Wildman–Crippen MR) is 468 cm³/mol. The van der Waals surface area contributed by atoms with E-state index in [-0.39, 0.29) is 5.41 Å². The number of furan rings is 4. The Balaban J connectivity index is 0.603. The number of nitrogens with zero attached hydrogens (tertiary/aromatic N) is 5. The van der Waals surface area contributed by atoms with E-state index >= 15 is 0 Å². The minimum absolute atomic E-state index is 0.333. The number of para-hydroxylation sites is 5. The van der Waals surface area contributed by atoms with Gasteiger partial charge in [-0.3, -0.25) is 0 Å². The lowest BCUT2D eigenvalue weighted by atomic mass is 9.73. The molecule has 9 aromatic heterocycles. The lowest BCUT2D eigenvalue weighted by molar-refractivity contribution is 0.568. The first kappa shape index (κ1) is 62.8. The maximum Gasteiger partial charge on any atom is 0.136 e. The number of benzene rings is 15. The largest absolute Gasteiger partial charge is 0.472 e. The Morgan fingerprint density at radius 1 is 0.246 bits per heavy atom. The zero-order valence-electron chi connectivity index (χ0n) is 61.7. The fourth-order valence-electron chi connectivity index (χ4n) is 19.3. The molecule has 25 rings (SSSR count). The van der Waals surface area contributed by atoms with Crippen molar-refractivity contribution in [2.45, 2.75) is 18.8 Å². The van der Waals surface area contributed by atoms with Crippen molar-refractivity contribution in [3.05, 3.63) is 376 Å². The van der Waals surface area contributed by atoms with Crippen molar-refractivity contribution < 1.29 is 17.7 Å². The van der Waals surface area contributed by atoms with Gasteiger partial charge in [0.25, 0.3) is 0 Å². The van der Waals surface area contributed by atoms with Gasteiger partial charge in [-0.1, -0.05) is 146 Å². The summed E-state index contributed by atoms with van der Waals surface area (Å²) in [5.74, 6) is 0. The lowest BCUT2D eigenvalue weighted by Crippen LogP contribution is -2.25. The first-order valence-electron chi connectivity index (χ1n) is 39.0. The Hall–Kier alpha value is -15.1. The van der Waals surface area contributed by atoms with Crippen molar-refractivity contribution in [1.29, 1.82) is 0 Å². The molecule has 1 unspecified atom stereocenters. The van der Waals surface area contributed by atoms with E-state index in [2.05, 4.69) is 357 Å². The van der Waals surface area contributed by atoms with E-state index < -0.39 is 0 Å². The molecule has 9 heterocycles. The molecular formula is C105H65N5O4. The molecule has 0 aliphatic heterocycles. The molecule has 0 bridgehead atoms. The molecule has 1 aliphatic rings. The maximum absolute atomic E-state index is 6.96. The first-order valence-corrected chi connectivity index (χ1v) is 39.0. The second-order valence-electron chi connectivity index (χ2n) is 31.1. The van der Waals surface area contributed by atoms with Gasteiger partial charge in [-0.05, 0) is 251 Å². The normalized spacial score (nSPS) is 14.0. The van der Waals surface area contributed by atoms with Crippen LogP contribution in [0.25, 0.3) is 221 Å². The summed E-state index contributed by atoms with van der Waals surface area (Å²) in [7, 11) is 0. The average molecular weight is 1460 g/mol. The number of hydrogen-bond donors (Lipinski definition) is 0. The zero-order chi connectivity index (χ0) is 74.6. The van der Waals surface area contributed by atoms with Crippen LogP contribution in [0.5, 0.6) is 0 Å². The van der Waals surface area contributed by atoms with Crippen LogP contribution in [0.4, 0.5) is 0 Å². The van der Waals surface area contributed by atoms with E-state index in [1.807, 2.05) is 18.4 Å². The molecule has 534 valence electrons. The molecule has 9 nitrogen and oxygen atoms in total. The lowest BCUT2D eigenvalue weighted by Gasteiger charge is -2.31. The van der Waals surface area contributed by atoms with Crippen molar-refractivity contribution in [3.8, 4) is 72.9 Å². The van der Waals surface area contributed by atoms with Crippen molar-refractivity contribution >= 4 is 148 Å². The third-order valence-corrected chi connectivity index (χ3v) is 24.8. The summed E-state index contributed by atoms with van der Waals surface area (Å²) in [6, 6.07) is 120. The van der Waals surface area contributed by atoms with Crippen LogP contribution < -0.4 is 0 Å². The molecule has 0 fully saturated rings. The van der Waals surface area contributed by atoms with E-state index in [9.17, 15) is 0 Å². The van der Waals surface area contributed by atoms with Crippen LogP contribution in [0.2, 0.25) is 0 Å². The van der Waals surface area contributed by atoms with Gasteiger partial charge >= 0.3 is 0 Å². The molecule has 15 aromatic carbocycles. The van der Waals surface area contributed by atoms with E-state index in [1.165, 1.54) is 87.7 Å². The highest BCUT2D eigenvalue weighted by Gasteiger charge is 2.34. The molecule has 1 atom stereocenters. The molecule has 0 radical (unpaired) electrons. The van der Waals surface area contributed by atoms with Gasteiger partial charge in [0.2, 0.25) is 0 Å². The number of hydrogen-bond acceptors (Lipinski definition) is 4. The van der Waals surface area contributed by atoms with Crippen LogP contribution in [0.3, 0.4) is 0 Å². The van der Waals surface area contributed by atoms with E-state index in [1.54, 1.807) is 18.8 Å². The number of allylic oxidation sites excluding steroid dienone is 1. The number of rotatable bonds is 10. The predicted octanol–water partition coefficient (Wildman–Crippen LogP) is 28.2. The van der Waals surface area contributed by atoms with E-state index in [0.29, 0.717) is 0 Å². The topological polar surface area (TPSA) is 77.2 Å². The van der Waals surface area contributed by atoms with Crippen LogP contribution >= 0.6 is 0 Å². The third-order valence-electron chi connectivity index (χ3n) is 24.8. The zero-order valence-corrected chi connectivity index (χ0v) is 61.7. The minimum atomic E-state index is -0.333.